The van der Waals surface area contributed by atoms with Crippen LogP contribution in [0.5, 0.6) is 5.88 Å². The number of rotatable bonds is 1. The molecule has 0 spiro atoms. The zero-order chi connectivity index (χ0) is 13.6. The van der Waals surface area contributed by atoms with Gasteiger partial charge in [0.1, 0.15) is 0 Å². The van der Waals surface area contributed by atoms with Crippen molar-refractivity contribution in [1.82, 2.24) is 14.6 Å². The van der Waals surface area contributed by atoms with Crippen LogP contribution in [0.15, 0.2) is 30.3 Å². The highest BCUT2D eigenvalue weighted by atomic mass is 35.5. The first kappa shape index (κ1) is 12.0. The van der Waals surface area contributed by atoms with Gasteiger partial charge >= 0.3 is 0 Å². The number of fused-ring (bicyclic) bond motifs is 1. The van der Waals surface area contributed by atoms with E-state index in [2.05, 4.69) is 10.1 Å². The molecule has 2 heterocycles. The normalized spacial score (nSPS) is 11.1. The lowest BCUT2D eigenvalue weighted by Crippen LogP contribution is -1.93. The van der Waals surface area contributed by atoms with Gasteiger partial charge in [-0.3, -0.25) is 0 Å². The summed E-state index contributed by atoms with van der Waals surface area (Å²) in [5.74, 6) is 0.0887. The van der Waals surface area contributed by atoms with Crippen molar-refractivity contribution in [1.29, 1.82) is 0 Å². The van der Waals surface area contributed by atoms with Crippen molar-refractivity contribution in [2.45, 2.75) is 13.8 Å². The first-order chi connectivity index (χ1) is 9.06. The summed E-state index contributed by atoms with van der Waals surface area (Å²) in [6.45, 7) is 3.74. The largest absolute Gasteiger partial charge is 0.493 e. The smallest absolute Gasteiger partial charge is 0.215 e. The van der Waals surface area contributed by atoms with Crippen molar-refractivity contribution >= 4 is 17.2 Å². The molecule has 0 radical (unpaired) electrons. The molecule has 0 fully saturated rings. The molecule has 3 rings (SSSR count). The maximum Gasteiger partial charge on any atom is 0.215 e. The summed E-state index contributed by atoms with van der Waals surface area (Å²) >= 11 is 5.91. The Hall–Kier alpha value is -2.07. The molecule has 4 nitrogen and oxygen atoms in total. The number of hydrogen-bond acceptors (Lipinski definition) is 3. The van der Waals surface area contributed by atoms with Crippen molar-refractivity contribution in [3.63, 3.8) is 0 Å². The van der Waals surface area contributed by atoms with Gasteiger partial charge in [0.15, 0.2) is 5.65 Å². The molecule has 5 heteroatoms. The molecule has 1 N–H and O–H groups in total. The Bertz CT molecular complexity index is 762. The van der Waals surface area contributed by atoms with Gasteiger partial charge in [0, 0.05) is 22.3 Å². The van der Waals surface area contributed by atoms with Gasteiger partial charge in [-0.05, 0) is 31.5 Å². The van der Waals surface area contributed by atoms with E-state index >= 15 is 0 Å². The molecule has 0 bridgehead atoms. The number of benzene rings is 1. The number of halogens is 1. The summed E-state index contributed by atoms with van der Waals surface area (Å²) in [7, 11) is 0. The average Bonchev–Trinajstić information content (AvgIpc) is 2.67. The Morgan fingerprint density at radius 1 is 1.16 bits per heavy atom. The van der Waals surface area contributed by atoms with Crippen molar-refractivity contribution in [2.75, 3.05) is 0 Å². The molecule has 0 saturated heterocycles. The Labute approximate surface area is 115 Å². The Morgan fingerprint density at radius 3 is 2.53 bits per heavy atom. The van der Waals surface area contributed by atoms with Gasteiger partial charge in [0.2, 0.25) is 5.88 Å². The van der Waals surface area contributed by atoms with Crippen LogP contribution in [-0.4, -0.2) is 19.7 Å². The fraction of sp³-hybridized carbons (Fsp3) is 0.143. The van der Waals surface area contributed by atoms with Crippen molar-refractivity contribution < 1.29 is 5.11 Å². The van der Waals surface area contributed by atoms with Gasteiger partial charge in [-0.1, -0.05) is 23.7 Å². The Balaban J connectivity index is 2.34. The van der Waals surface area contributed by atoms with E-state index in [9.17, 15) is 5.11 Å². The third-order valence-electron chi connectivity index (χ3n) is 3.01. The van der Waals surface area contributed by atoms with E-state index in [1.165, 1.54) is 4.52 Å². The molecule has 0 aliphatic carbocycles. The molecule has 19 heavy (non-hydrogen) atoms. The quantitative estimate of drug-likeness (QED) is 0.739. The van der Waals surface area contributed by atoms with Crippen molar-refractivity contribution in [3.8, 4) is 17.0 Å². The highest BCUT2D eigenvalue weighted by Crippen LogP contribution is 2.30. The van der Waals surface area contributed by atoms with Crippen LogP contribution in [0.4, 0.5) is 0 Å². The summed E-state index contributed by atoms with van der Waals surface area (Å²) in [5, 5.41) is 14.9. The maximum absolute atomic E-state index is 9.92. The van der Waals surface area contributed by atoms with Crippen LogP contribution in [0, 0.1) is 13.8 Å². The molecular weight excluding hydrogens is 262 g/mol. The monoisotopic (exact) mass is 273 g/mol. The van der Waals surface area contributed by atoms with Gasteiger partial charge < -0.3 is 5.11 Å². The number of aromatic hydroxyl groups is 1. The van der Waals surface area contributed by atoms with Crippen LogP contribution in [-0.2, 0) is 0 Å². The van der Waals surface area contributed by atoms with E-state index in [1.807, 2.05) is 38.1 Å². The predicted molar refractivity (Wildman–Crippen MR) is 74.6 cm³/mol. The summed E-state index contributed by atoms with van der Waals surface area (Å²) in [5.41, 5.74) is 4.11. The highest BCUT2D eigenvalue weighted by Gasteiger charge is 2.15. The second kappa shape index (κ2) is 4.24. The topological polar surface area (TPSA) is 50.4 Å². The molecule has 3 aromatic rings. The van der Waals surface area contributed by atoms with Gasteiger partial charge in [-0.15, -0.1) is 0 Å². The van der Waals surface area contributed by atoms with Crippen molar-refractivity contribution in [2.24, 2.45) is 0 Å². The van der Waals surface area contributed by atoms with E-state index in [4.69, 9.17) is 11.6 Å². The minimum Gasteiger partial charge on any atom is -0.493 e. The molecule has 2 aromatic heterocycles. The molecule has 0 aliphatic heterocycles. The average molecular weight is 274 g/mol. The number of aromatic nitrogens is 3. The Kier molecular flexibility index (Phi) is 2.68. The van der Waals surface area contributed by atoms with E-state index in [0.29, 0.717) is 10.7 Å². The standard InChI is InChI=1S/C14H12ClN3O/c1-8-7-12(19)18-14(16-8)13(9(2)17-18)10-3-5-11(15)6-4-10/h3-7,19H,1-2H3. The predicted octanol–water partition coefficient (Wildman–Crippen LogP) is 3.37. The Morgan fingerprint density at radius 2 is 1.84 bits per heavy atom. The zero-order valence-electron chi connectivity index (χ0n) is 10.6. The van der Waals surface area contributed by atoms with Gasteiger partial charge in [0.25, 0.3) is 0 Å². The first-order valence-corrected chi connectivity index (χ1v) is 6.26. The molecule has 0 aliphatic rings. The summed E-state index contributed by atoms with van der Waals surface area (Å²) < 4.78 is 1.45. The molecule has 96 valence electrons. The number of nitrogens with zero attached hydrogens (tertiary/aromatic N) is 3. The lowest BCUT2D eigenvalue weighted by atomic mass is 10.1. The lowest BCUT2D eigenvalue weighted by Gasteiger charge is -2.02. The van der Waals surface area contributed by atoms with Crippen molar-refractivity contribution in [3.05, 3.63) is 46.7 Å². The molecule has 0 atom stereocenters. The summed E-state index contributed by atoms with van der Waals surface area (Å²) in [6.07, 6.45) is 0. The fourth-order valence-corrected chi connectivity index (χ4v) is 2.31. The third-order valence-corrected chi connectivity index (χ3v) is 3.26. The van der Waals surface area contributed by atoms with Crippen LogP contribution in [0.25, 0.3) is 16.8 Å². The van der Waals surface area contributed by atoms with Crippen LogP contribution >= 0.6 is 11.6 Å². The lowest BCUT2D eigenvalue weighted by molar-refractivity contribution is 0.434. The maximum atomic E-state index is 9.92. The molecule has 1 aromatic carbocycles. The highest BCUT2D eigenvalue weighted by molar-refractivity contribution is 6.30. The molecule has 0 amide bonds. The van der Waals surface area contributed by atoms with Gasteiger partial charge in [-0.25, -0.2) is 4.98 Å². The summed E-state index contributed by atoms with van der Waals surface area (Å²) in [6, 6.07) is 9.09. The van der Waals surface area contributed by atoms with Gasteiger partial charge in [-0.2, -0.15) is 9.61 Å². The third kappa shape index (κ3) is 1.94. The van der Waals surface area contributed by atoms with E-state index in [0.717, 1.165) is 22.5 Å². The second-order valence-electron chi connectivity index (χ2n) is 4.46. The SMILES string of the molecule is Cc1cc(O)n2nc(C)c(-c3ccc(Cl)cc3)c2n1. The first-order valence-electron chi connectivity index (χ1n) is 5.88. The van der Waals surface area contributed by atoms with E-state index in [-0.39, 0.29) is 5.88 Å². The fourth-order valence-electron chi connectivity index (χ4n) is 2.18. The number of hydrogen-bond donors (Lipinski definition) is 1. The summed E-state index contributed by atoms with van der Waals surface area (Å²) in [4.78, 5) is 4.46. The van der Waals surface area contributed by atoms with E-state index in [1.54, 1.807) is 6.07 Å². The van der Waals surface area contributed by atoms with E-state index < -0.39 is 0 Å². The number of aryl methyl sites for hydroxylation is 2. The minimum atomic E-state index is 0.0887. The van der Waals surface area contributed by atoms with Crippen LogP contribution < -0.4 is 0 Å². The molecule has 0 unspecified atom stereocenters. The van der Waals surface area contributed by atoms with Crippen LogP contribution in [0.1, 0.15) is 11.4 Å². The molecule has 0 saturated carbocycles. The van der Waals surface area contributed by atoms with Gasteiger partial charge in [0.05, 0.1) is 5.69 Å². The van der Waals surface area contributed by atoms with Crippen LogP contribution in [0.2, 0.25) is 5.02 Å². The molecular formula is C14H12ClN3O. The van der Waals surface area contributed by atoms with Crippen LogP contribution in [0.3, 0.4) is 0 Å². The second-order valence-corrected chi connectivity index (χ2v) is 4.89. The minimum absolute atomic E-state index is 0.0887. The zero-order valence-corrected chi connectivity index (χ0v) is 11.3.